The number of halogens is 1. The third-order valence-electron chi connectivity index (χ3n) is 5.53. The van der Waals surface area contributed by atoms with Gasteiger partial charge in [0, 0.05) is 31.0 Å². The van der Waals surface area contributed by atoms with Gasteiger partial charge in [-0.15, -0.1) is 0 Å². The highest BCUT2D eigenvalue weighted by Crippen LogP contribution is 2.20. The van der Waals surface area contributed by atoms with Crippen molar-refractivity contribution in [2.75, 3.05) is 19.6 Å². The van der Waals surface area contributed by atoms with E-state index in [4.69, 9.17) is 4.52 Å². The van der Waals surface area contributed by atoms with Gasteiger partial charge in [0.05, 0.1) is 0 Å². The first-order chi connectivity index (χ1) is 14.1. The number of piperidine rings is 1. The van der Waals surface area contributed by atoms with E-state index in [0.717, 1.165) is 19.5 Å². The Morgan fingerprint density at radius 3 is 3.03 bits per heavy atom. The number of carbonyl (C=O) groups excluding carboxylic acids is 1. The summed E-state index contributed by atoms with van der Waals surface area (Å²) in [4.78, 5) is 19.1. The van der Waals surface area contributed by atoms with Crippen molar-refractivity contribution in [3.63, 3.8) is 0 Å². The van der Waals surface area contributed by atoms with E-state index in [2.05, 4.69) is 27.3 Å². The van der Waals surface area contributed by atoms with Gasteiger partial charge in [-0.3, -0.25) is 9.69 Å². The molecule has 1 unspecified atom stereocenters. The standard InChI is InChI=1S/C22H31FN4O2/c1-3-4-12-27-13-6-5-7-18(27)15-24-20(28)10-11-21-25-22(26-29-21)17-8-9-19(23)16(2)14-17/h8-9,14,18H,3-7,10-13,15H2,1-2H3,(H,24,28). The van der Waals surface area contributed by atoms with E-state index < -0.39 is 0 Å². The van der Waals surface area contributed by atoms with Crippen LogP contribution in [-0.2, 0) is 11.2 Å². The van der Waals surface area contributed by atoms with Crippen LogP contribution in [0.3, 0.4) is 0 Å². The molecule has 6 nitrogen and oxygen atoms in total. The van der Waals surface area contributed by atoms with Crippen LogP contribution in [0.1, 0.15) is 56.9 Å². The SMILES string of the molecule is CCCCN1CCCCC1CNC(=O)CCc1nc(-c2ccc(F)c(C)c2)no1. The van der Waals surface area contributed by atoms with Crippen molar-refractivity contribution in [2.24, 2.45) is 0 Å². The van der Waals surface area contributed by atoms with Crippen LogP contribution in [0.4, 0.5) is 4.39 Å². The van der Waals surface area contributed by atoms with E-state index >= 15 is 0 Å². The Morgan fingerprint density at radius 1 is 1.38 bits per heavy atom. The molecular formula is C22H31FN4O2. The Labute approximate surface area is 171 Å². The fourth-order valence-corrected chi connectivity index (χ4v) is 3.74. The van der Waals surface area contributed by atoms with Crippen LogP contribution in [0, 0.1) is 12.7 Å². The zero-order valence-corrected chi connectivity index (χ0v) is 17.4. The lowest BCUT2D eigenvalue weighted by molar-refractivity contribution is -0.121. The number of benzene rings is 1. The van der Waals surface area contributed by atoms with Gasteiger partial charge in [-0.2, -0.15) is 4.98 Å². The molecular weight excluding hydrogens is 371 g/mol. The Balaban J connectivity index is 1.46. The first-order valence-corrected chi connectivity index (χ1v) is 10.7. The maximum atomic E-state index is 13.4. The first kappa shape index (κ1) is 21.4. The number of aryl methyl sites for hydroxylation is 2. The van der Waals surface area contributed by atoms with E-state index in [0.29, 0.717) is 48.3 Å². The molecule has 0 bridgehead atoms. The summed E-state index contributed by atoms with van der Waals surface area (Å²) in [6.07, 6.45) is 6.73. The van der Waals surface area contributed by atoms with Crippen molar-refractivity contribution in [3.05, 3.63) is 35.5 Å². The average Bonchev–Trinajstić information content (AvgIpc) is 3.21. The van der Waals surface area contributed by atoms with Gasteiger partial charge in [0.25, 0.3) is 0 Å². The molecule has 2 aromatic rings. The third kappa shape index (κ3) is 6.10. The van der Waals surface area contributed by atoms with Gasteiger partial charge in [-0.25, -0.2) is 4.39 Å². The maximum Gasteiger partial charge on any atom is 0.227 e. The molecule has 1 saturated heterocycles. The van der Waals surface area contributed by atoms with E-state index in [1.807, 2.05) is 0 Å². The smallest absolute Gasteiger partial charge is 0.227 e. The lowest BCUT2D eigenvalue weighted by atomic mass is 10.0. The number of carbonyl (C=O) groups is 1. The second-order valence-corrected chi connectivity index (χ2v) is 7.82. The van der Waals surface area contributed by atoms with E-state index in [1.54, 1.807) is 19.1 Å². The lowest BCUT2D eigenvalue weighted by Crippen LogP contribution is -2.47. The second kappa shape index (κ2) is 10.5. The highest BCUT2D eigenvalue weighted by atomic mass is 19.1. The summed E-state index contributed by atoms with van der Waals surface area (Å²) >= 11 is 0. The number of nitrogens with zero attached hydrogens (tertiary/aromatic N) is 3. The Kier molecular flexibility index (Phi) is 7.75. The third-order valence-corrected chi connectivity index (χ3v) is 5.53. The molecule has 1 fully saturated rings. The van der Waals surface area contributed by atoms with Crippen LogP contribution < -0.4 is 5.32 Å². The molecule has 1 amide bonds. The van der Waals surface area contributed by atoms with Crippen LogP contribution in [0.15, 0.2) is 22.7 Å². The predicted octanol–water partition coefficient (Wildman–Crippen LogP) is 3.89. The van der Waals surface area contributed by atoms with Crippen molar-refractivity contribution in [3.8, 4) is 11.4 Å². The zero-order chi connectivity index (χ0) is 20.6. The minimum Gasteiger partial charge on any atom is -0.355 e. The minimum atomic E-state index is -0.264. The molecule has 158 valence electrons. The summed E-state index contributed by atoms with van der Waals surface area (Å²) in [5.74, 6) is 0.570. The number of aromatic nitrogens is 2. The summed E-state index contributed by atoms with van der Waals surface area (Å²) in [6, 6.07) is 5.14. The molecule has 1 aliphatic rings. The van der Waals surface area contributed by atoms with Crippen LogP contribution in [0.5, 0.6) is 0 Å². The number of likely N-dealkylation sites (tertiary alicyclic amines) is 1. The summed E-state index contributed by atoms with van der Waals surface area (Å²) in [5.41, 5.74) is 1.23. The fraction of sp³-hybridized carbons (Fsp3) is 0.591. The van der Waals surface area contributed by atoms with Crippen LogP contribution in [0.25, 0.3) is 11.4 Å². The zero-order valence-electron chi connectivity index (χ0n) is 17.4. The molecule has 1 aliphatic heterocycles. The van der Waals surface area contributed by atoms with Crippen molar-refractivity contribution < 1.29 is 13.7 Å². The van der Waals surface area contributed by atoms with Crippen LogP contribution in [-0.4, -0.2) is 46.6 Å². The average molecular weight is 403 g/mol. The van der Waals surface area contributed by atoms with Gasteiger partial charge < -0.3 is 9.84 Å². The van der Waals surface area contributed by atoms with Gasteiger partial charge in [0.15, 0.2) is 0 Å². The molecule has 2 heterocycles. The second-order valence-electron chi connectivity index (χ2n) is 7.82. The molecule has 3 rings (SSSR count). The van der Waals surface area contributed by atoms with Gasteiger partial charge in [-0.1, -0.05) is 24.9 Å². The van der Waals surface area contributed by atoms with E-state index in [-0.39, 0.29) is 11.7 Å². The molecule has 29 heavy (non-hydrogen) atoms. The van der Waals surface area contributed by atoms with E-state index in [9.17, 15) is 9.18 Å². The summed E-state index contributed by atoms with van der Waals surface area (Å²) in [7, 11) is 0. The molecule has 0 saturated carbocycles. The topological polar surface area (TPSA) is 71.3 Å². The monoisotopic (exact) mass is 402 g/mol. The number of hydrogen-bond donors (Lipinski definition) is 1. The highest BCUT2D eigenvalue weighted by molar-refractivity contribution is 5.76. The van der Waals surface area contributed by atoms with Gasteiger partial charge in [-0.05, 0) is 63.0 Å². The van der Waals surface area contributed by atoms with Crippen molar-refractivity contribution in [1.29, 1.82) is 0 Å². The first-order valence-electron chi connectivity index (χ1n) is 10.7. The number of rotatable bonds is 9. The van der Waals surface area contributed by atoms with Crippen molar-refractivity contribution in [1.82, 2.24) is 20.4 Å². The molecule has 0 spiro atoms. The number of hydrogen-bond acceptors (Lipinski definition) is 5. The van der Waals surface area contributed by atoms with Gasteiger partial charge in [0.1, 0.15) is 5.82 Å². The molecule has 0 aliphatic carbocycles. The van der Waals surface area contributed by atoms with Crippen LogP contribution in [0.2, 0.25) is 0 Å². The predicted molar refractivity (Wildman–Crippen MR) is 110 cm³/mol. The maximum absolute atomic E-state index is 13.4. The fourth-order valence-electron chi connectivity index (χ4n) is 3.74. The highest BCUT2D eigenvalue weighted by Gasteiger charge is 2.22. The van der Waals surface area contributed by atoms with Gasteiger partial charge in [0.2, 0.25) is 17.6 Å². The molecule has 1 atom stereocenters. The quantitative estimate of drug-likeness (QED) is 0.689. The van der Waals surface area contributed by atoms with Crippen molar-refractivity contribution in [2.45, 2.75) is 64.8 Å². The molecule has 7 heteroatoms. The number of unbranched alkanes of at least 4 members (excludes halogenated alkanes) is 1. The molecule has 1 aromatic carbocycles. The number of nitrogens with one attached hydrogen (secondary N) is 1. The van der Waals surface area contributed by atoms with Crippen molar-refractivity contribution >= 4 is 5.91 Å². The Morgan fingerprint density at radius 2 is 2.24 bits per heavy atom. The molecule has 1 aromatic heterocycles. The summed E-state index contributed by atoms with van der Waals surface area (Å²) < 4.78 is 18.7. The van der Waals surface area contributed by atoms with Crippen LogP contribution >= 0.6 is 0 Å². The Hall–Kier alpha value is -2.28. The minimum absolute atomic E-state index is 0.00314. The molecule has 1 N–H and O–H groups in total. The number of amides is 1. The Bertz CT molecular complexity index is 808. The molecule has 0 radical (unpaired) electrons. The summed E-state index contributed by atoms with van der Waals surface area (Å²) in [6.45, 7) is 6.85. The normalized spacial score (nSPS) is 17.4. The summed E-state index contributed by atoms with van der Waals surface area (Å²) in [5, 5.41) is 7.02. The largest absolute Gasteiger partial charge is 0.355 e. The van der Waals surface area contributed by atoms with Gasteiger partial charge >= 0.3 is 0 Å². The lowest BCUT2D eigenvalue weighted by Gasteiger charge is -2.35. The van der Waals surface area contributed by atoms with E-state index in [1.165, 1.54) is 31.7 Å².